The van der Waals surface area contributed by atoms with E-state index in [9.17, 15) is 9.59 Å². The minimum atomic E-state index is -1.09. The molecule has 1 atom stereocenters. The number of aliphatic carboxylic acids is 1. The SMILES string of the molecule is O=C(O)CN1C(=O)/C(=C\c2ccc(C3CC(c4ccc5c(c4)Nc4ccccc4S5)=NN3)cc2)SC1=S. The third-order valence-corrected chi connectivity index (χ3v) is 8.78. The lowest BCUT2D eigenvalue weighted by Crippen LogP contribution is -2.33. The van der Waals surface area contributed by atoms with Crippen LogP contribution in [0, 0.1) is 0 Å². The Labute approximate surface area is 227 Å². The topological polar surface area (TPSA) is 94.0 Å². The van der Waals surface area contributed by atoms with Gasteiger partial charge in [-0.1, -0.05) is 78.2 Å². The summed E-state index contributed by atoms with van der Waals surface area (Å²) in [6, 6.07) is 22.7. The fourth-order valence-electron chi connectivity index (χ4n) is 4.38. The van der Waals surface area contributed by atoms with Gasteiger partial charge >= 0.3 is 5.97 Å². The molecule has 1 amide bonds. The van der Waals surface area contributed by atoms with Crippen LogP contribution in [-0.2, 0) is 9.59 Å². The number of thiocarbonyl (C=S) groups is 1. The standard InChI is InChI=1S/C27H20N4O3S3/c32-25(33)14-31-26(34)24(37-27(31)35)11-15-5-7-16(8-6-15)19-13-20(30-29-19)17-9-10-23-21(12-17)28-18-3-1-2-4-22(18)36-23/h1-12,19,28-29H,13-14H2,(H,32,33)/b24-11+. The highest BCUT2D eigenvalue weighted by atomic mass is 32.2. The third kappa shape index (κ3) is 4.75. The van der Waals surface area contributed by atoms with Crippen LogP contribution < -0.4 is 10.7 Å². The number of fused-ring (bicyclic) bond motifs is 2. The zero-order valence-corrected chi connectivity index (χ0v) is 21.8. The van der Waals surface area contributed by atoms with E-state index in [0.29, 0.717) is 4.91 Å². The molecule has 1 fully saturated rings. The van der Waals surface area contributed by atoms with Crippen LogP contribution in [0.4, 0.5) is 11.4 Å². The third-order valence-electron chi connectivity index (χ3n) is 6.25. The summed E-state index contributed by atoms with van der Waals surface area (Å²) in [5.74, 6) is -1.47. The Morgan fingerprint density at radius 3 is 2.68 bits per heavy atom. The molecule has 3 heterocycles. The quantitative estimate of drug-likeness (QED) is 0.220. The number of carboxylic acid groups (broad SMARTS) is 1. The summed E-state index contributed by atoms with van der Waals surface area (Å²) in [6.45, 7) is -0.428. The van der Waals surface area contributed by atoms with Crippen LogP contribution in [0.5, 0.6) is 0 Å². The average Bonchev–Trinajstić information content (AvgIpc) is 3.49. The van der Waals surface area contributed by atoms with Gasteiger partial charge < -0.3 is 15.8 Å². The molecule has 10 heteroatoms. The van der Waals surface area contributed by atoms with E-state index >= 15 is 0 Å². The number of amides is 1. The number of benzene rings is 3. The van der Waals surface area contributed by atoms with Crippen LogP contribution in [0.25, 0.3) is 6.08 Å². The number of thioether (sulfide) groups is 1. The molecule has 184 valence electrons. The molecule has 0 spiro atoms. The number of rotatable bonds is 5. The minimum absolute atomic E-state index is 0.0527. The minimum Gasteiger partial charge on any atom is -0.480 e. The molecule has 1 unspecified atom stereocenters. The molecule has 3 aromatic rings. The van der Waals surface area contributed by atoms with Crippen molar-refractivity contribution in [1.29, 1.82) is 0 Å². The summed E-state index contributed by atoms with van der Waals surface area (Å²) in [5, 5.41) is 17.1. The largest absolute Gasteiger partial charge is 0.480 e. The van der Waals surface area contributed by atoms with Gasteiger partial charge in [-0.25, -0.2) is 0 Å². The fourth-order valence-corrected chi connectivity index (χ4v) is 6.61. The van der Waals surface area contributed by atoms with Crippen LogP contribution in [0.15, 0.2) is 86.5 Å². The van der Waals surface area contributed by atoms with Gasteiger partial charge in [-0.15, -0.1) is 0 Å². The Bertz CT molecular complexity index is 1520. The first-order valence-corrected chi connectivity index (χ1v) is 13.6. The van der Waals surface area contributed by atoms with Gasteiger partial charge in [0, 0.05) is 16.2 Å². The monoisotopic (exact) mass is 544 g/mol. The maximum atomic E-state index is 12.5. The van der Waals surface area contributed by atoms with Crippen molar-refractivity contribution in [2.45, 2.75) is 22.3 Å². The Balaban J connectivity index is 1.13. The van der Waals surface area contributed by atoms with Crippen molar-refractivity contribution in [2.24, 2.45) is 5.10 Å². The molecule has 0 radical (unpaired) electrons. The van der Waals surface area contributed by atoms with Gasteiger partial charge in [0.1, 0.15) is 10.9 Å². The lowest BCUT2D eigenvalue weighted by Gasteiger charge is -2.21. The Hall–Kier alpha value is -3.60. The van der Waals surface area contributed by atoms with Crippen LogP contribution in [0.2, 0.25) is 0 Å². The van der Waals surface area contributed by atoms with Gasteiger partial charge in [0.15, 0.2) is 0 Å². The zero-order chi connectivity index (χ0) is 25.5. The van der Waals surface area contributed by atoms with E-state index in [2.05, 4.69) is 46.2 Å². The first-order valence-electron chi connectivity index (χ1n) is 11.5. The van der Waals surface area contributed by atoms with Gasteiger partial charge in [0.2, 0.25) is 0 Å². The number of hydrogen-bond acceptors (Lipinski definition) is 8. The Morgan fingerprint density at radius 1 is 1.08 bits per heavy atom. The highest BCUT2D eigenvalue weighted by Gasteiger charge is 2.33. The maximum Gasteiger partial charge on any atom is 0.323 e. The maximum absolute atomic E-state index is 12.5. The lowest BCUT2D eigenvalue weighted by atomic mass is 9.98. The van der Waals surface area contributed by atoms with Gasteiger partial charge in [-0.05, 0) is 47.0 Å². The molecular formula is C27H20N4O3S3. The molecule has 0 saturated carbocycles. The summed E-state index contributed by atoms with van der Waals surface area (Å²) in [7, 11) is 0. The van der Waals surface area contributed by atoms with Crippen molar-refractivity contribution in [2.75, 3.05) is 11.9 Å². The van der Waals surface area contributed by atoms with Crippen molar-refractivity contribution in [3.63, 3.8) is 0 Å². The number of anilines is 2. The fraction of sp³-hybridized carbons (Fsp3) is 0.111. The number of nitrogens with one attached hydrogen (secondary N) is 2. The molecule has 3 N–H and O–H groups in total. The Morgan fingerprint density at radius 2 is 1.86 bits per heavy atom. The Kier molecular flexibility index (Phi) is 6.23. The van der Waals surface area contributed by atoms with Crippen LogP contribution in [0.3, 0.4) is 0 Å². The van der Waals surface area contributed by atoms with E-state index in [1.165, 1.54) is 9.79 Å². The summed E-state index contributed by atoms with van der Waals surface area (Å²) in [5.41, 5.74) is 9.49. The van der Waals surface area contributed by atoms with Gasteiger partial charge in [0.25, 0.3) is 5.91 Å². The number of carboxylic acids is 1. The van der Waals surface area contributed by atoms with Crippen LogP contribution in [-0.4, -0.2) is 38.5 Å². The number of carbonyl (C=O) groups is 2. The predicted octanol–water partition coefficient (Wildman–Crippen LogP) is 5.62. The van der Waals surface area contributed by atoms with E-state index < -0.39 is 12.5 Å². The highest BCUT2D eigenvalue weighted by Crippen LogP contribution is 2.44. The molecule has 3 aromatic carbocycles. The summed E-state index contributed by atoms with van der Waals surface area (Å²) in [6.07, 6.45) is 2.50. The van der Waals surface area contributed by atoms with E-state index in [4.69, 9.17) is 17.3 Å². The lowest BCUT2D eigenvalue weighted by molar-refractivity contribution is -0.140. The van der Waals surface area contributed by atoms with Crippen molar-refractivity contribution in [1.82, 2.24) is 10.3 Å². The summed E-state index contributed by atoms with van der Waals surface area (Å²) < 4.78 is 0.260. The molecule has 0 bridgehead atoms. The second-order valence-corrected chi connectivity index (χ2v) is 11.5. The number of para-hydroxylation sites is 1. The predicted molar refractivity (Wildman–Crippen MR) is 151 cm³/mol. The smallest absolute Gasteiger partial charge is 0.323 e. The van der Waals surface area contributed by atoms with Gasteiger partial charge in [-0.2, -0.15) is 5.10 Å². The highest BCUT2D eigenvalue weighted by molar-refractivity contribution is 8.26. The van der Waals surface area contributed by atoms with E-state index in [1.807, 2.05) is 36.4 Å². The molecule has 1 saturated heterocycles. The number of carbonyl (C=O) groups excluding carboxylic acids is 1. The molecule has 6 rings (SSSR count). The van der Waals surface area contributed by atoms with Crippen LogP contribution >= 0.6 is 35.7 Å². The second kappa shape index (κ2) is 9.70. The van der Waals surface area contributed by atoms with Crippen molar-refractivity contribution >= 4 is 75.1 Å². The van der Waals surface area contributed by atoms with E-state index in [-0.39, 0.29) is 16.3 Å². The normalized spacial score (nSPS) is 19.2. The number of hydrazone groups is 1. The van der Waals surface area contributed by atoms with Crippen molar-refractivity contribution in [3.8, 4) is 0 Å². The number of hydrogen-bond donors (Lipinski definition) is 3. The molecular weight excluding hydrogens is 525 g/mol. The first-order chi connectivity index (χ1) is 17.9. The zero-order valence-electron chi connectivity index (χ0n) is 19.3. The molecule has 7 nitrogen and oxygen atoms in total. The molecule has 3 aliphatic rings. The van der Waals surface area contributed by atoms with Crippen molar-refractivity contribution < 1.29 is 14.7 Å². The van der Waals surface area contributed by atoms with E-state index in [1.54, 1.807) is 17.8 Å². The van der Waals surface area contributed by atoms with Crippen molar-refractivity contribution in [3.05, 3.63) is 88.3 Å². The molecule has 37 heavy (non-hydrogen) atoms. The van der Waals surface area contributed by atoms with E-state index in [0.717, 1.165) is 56.9 Å². The van der Waals surface area contributed by atoms with Gasteiger partial charge in [0.05, 0.1) is 28.0 Å². The van der Waals surface area contributed by atoms with Gasteiger partial charge in [-0.3, -0.25) is 14.5 Å². The summed E-state index contributed by atoms with van der Waals surface area (Å²) >= 11 is 8.05. The molecule has 3 aliphatic heterocycles. The molecule has 0 aromatic heterocycles. The number of nitrogens with zero attached hydrogens (tertiary/aromatic N) is 2. The average molecular weight is 545 g/mol. The first kappa shape index (κ1) is 23.8. The molecule has 0 aliphatic carbocycles. The second-order valence-electron chi connectivity index (χ2n) is 8.71. The van der Waals surface area contributed by atoms with Crippen LogP contribution in [0.1, 0.15) is 29.2 Å². The summed E-state index contributed by atoms with van der Waals surface area (Å²) in [4.78, 5) is 27.4.